The number of pyridine rings is 3. The Morgan fingerprint density at radius 3 is 2.43 bits per heavy atom. The number of halogens is 3. The molecule has 35 heavy (non-hydrogen) atoms. The molecule has 2 N–H and O–H groups in total. The van der Waals surface area contributed by atoms with Gasteiger partial charge in [0.15, 0.2) is 0 Å². The van der Waals surface area contributed by atoms with Gasteiger partial charge < -0.3 is 10.6 Å². The van der Waals surface area contributed by atoms with E-state index in [1.54, 1.807) is 36.8 Å². The SMILES string of the molecule is O=C(NCc1cccnc1)c1ccc(-c2ccc(C(F)(F)F)cc2)nc1NCCc1ccccn1. The smallest absolute Gasteiger partial charge is 0.369 e. The van der Waals surface area contributed by atoms with Crippen molar-refractivity contribution in [3.8, 4) is 11.3 Å². The number of aromatic nitrogens is 3. The highest BCUT2D eigenvalue weighted by Gasteiger charge is 2.30. The first-order chi connectivity index (χ1) is 16.9. The summed E-state index contributed by atoms with van der Waals surface area (Å²) in [6.07, 6.45) is 1.21. The second-order valence-electron chi connectivity index (χ2n) is 7.71. The maximum absolute atomic E-state index is 12.9. The van der Waals surface area contributed by atoms with Crippen LogP contribution < -0.4 is 10.6 Å². The van der Waals surface area contributed by atoms with Crippen molar-refractivity contribution >= 4 is 11.7 Å². The Morgan fingerprint density at radius 1 is 0.914 bits per heavy atom. The molecule has 0 unspecified atom stereocenters. The predicted molar refractivity (Wildman–Crippen MR) is 127 cm³/mol. The Morgan fingerprint density at radius 2 is 1.74 bits per heavy atom. The zero-order valence-corrected chi connectivity index (χ0v) is 18.6. The third kappa shape index (κ3) is 6.41. The topological polar surface area (TPSA) is 79.8 Å². The van der Waals surface area contributed by atoms with Gasteiger partial charge in [-0.1, -0.05) is 24.3 Å². The first kappa shape index (κ1) is 23.9. The van der Waals surface area contributed by atoms with Crippen LogP contribution in [0.1, 0.15) is 27.2 Å². The van der Waals surface area contributed by atoms with Crippen molar-refractivity contribution in [2.45, 2.75) is 19.1 Å². The van der Waals surface area contributed by atoms with E-state index in [1.807, 2.05) is 24.3 Å². The van der Waals surface area contributed by atoms with E-state index < -0.39 is 11.7 Å². The van der Waals surface area contributed by atoms with Gasteiger partial charge >= 0.3 is 6.18 Å². The fourth-order valence-corrected chi connectivity index (χ4v) is 3.40. The molecule has 3 aromatic heterocycles. The van der Waals surface area contributed by atoms with Crippen LogP contribution >= 0.6 is 0 Å². The van der Waals surface area contributed by atoms with Gasteiger partial charge in [0.2, 0.25) is 0 Å². The van der Waals surface area contributed by atoms with Gasteiger partial charge in [-0.15, -0.1) is 0 Å². The van der Waals surface area contributed by atoms with Gasteiger partial charge in [-0.2, -0.15) is 13.2 Å². The van der Waals surface area contributed by atoms with Gasteiger partial charge in [-0.25, -0.2) is 4.98 Å². The van der Waals surface area contributed by atoms with Crippen molar-refractivity contribution in [1.29, 1.82) is 0 Å². The Balaban J connectivity index is 1.56. The monoisotopic (exact) mass is 477 g/mol. The van der Waals surface area contributed by atoms with Crippen molar-refractivity contribution in [2.24, 2.45) is 0 Å². The molecule has 4 aromatic rings. The van der Waals surface area contributed by atoms with Crippen LogP contribution in [0.15, 0.2) is 85.3 Å². The van der Waals surface area contributed by atoms with Gasteiger partial charge in [0, 0.05) is 49.4 Å². The quantitative estimate of drug-likeness (QED) is 0.367. The minimum absolute atomic E-state index is 0.292. The van der Waals surface area contributed by atoms with Crippen LogP contribution in [0.5, 0.6) is 0 Å². The minimum atomic E-state index is -4.42. The highest BCUT2D eigenvalue weighted by atomic mass is 19.4. The van der Waals surface area contributed by atoms with Crippen LogP contribution in [0.4, 0.5) is 19.0 Å². The van der Waals surface area contributed by atoms with Crippen molar-refractivity contribution < 1.29 is 18.0 Å². The summed E-state index contributed by atoms with van der Waals surface area (Å²) in [5.74, 6) is 0.00248. The van der Waals surface area contributed by atoms with Gasteiger partial charge in [0.05, 0.1) is 16.8 Å². The lowest BCUT2D eigenvalue weighted by Gasteiger charge is -2.14. The molecule has 0 aliphatic carbocycles. The highest BCUT2D eigenvalue weighted by molar-refractivity contribution is 5.99. The molecule has 9 heteroatoms. The van der Waals surface area contributed by atoms with E-state index in [1.165, 1.54) is 12.1 Å². The number of carbonyl (C=O) groups excluding carboxylic acids is 1. The average Bonchev–Trinajstić information content (AvgIpc) is 2.88. The summed E-state index contributed by atoms with van der Waals surface area (Å²) in [6, 6.07) is 17.2. The molecular weight excluding hydrogens is 455 g/mol. The van der Waals surface area contributed by atoms with E-state index in [4.69, 9.17) is 0 Å². The highest BCUT2D eigenvalue weighted by Crippen LogP contribution is 2.31. The van der Waals surface area contributed by atoms with Crippen LogP contribution in [0.2, 0.25) is 0 Å². The molecule has 0 fully saturated rings. The predicted octanol–water partition coefficient (Wildman–Crippen LogP) is 5.14. The minimum Gasteiger partial charge on any atom is -0.369 e. The Hall–Kier alpha value is -4.27. The van der Waals surface area contributed by atoms with Crippen LogP contribution in [0, 0.1) is 0 Å². The third-order valence-corrected chi connectivity index (χ3v) is 5.22. The van der Waals surface area contributed by atoms with Crippen molar-refractivity contribution in [1.82, 2.24) is 20.3 Å². The lowest BCUT2D eigenvalue weighted by molar-refractivity contribution is -0.137. The molecular formula is C26H22F3N5O. The number of amides is 1. The molecule has 0 aliphatic heterocycles. The number of benzene rings is 1. The summed E-state index contributed by atoms with van der Waals surface area (Å²) < 4.78 is 38.8. The molecule has 3 heterocycles. The summed E-state index contributed by atoms with van der Waals surface area (Å²) in [5, 5.41) is 6.03. The summed E-state index contributed by atoms with van der Waals surface area (Å²) in [5.41, 5.74) is 2.27. The first-order valence-electron chi connectivity index (χ1n) is 10.9. The number of rotatable bonds is 8. The largest absolute Gasteiger partial charge is 0.416 e. The summed E-state index contributed by atoms with van der Waals surface area (Å²) in [7, 11) is 0. The number of nitrogens with one attached hydrogen (secondary N) is 2. The van der Waals surface area contributed by atoms with Crippen LogP contribution in [0.25, 0.3) is 11.3 Å². The van der Waals surface area contributed by atoms with E-state index in [9.17, 15) is 18.0 Å². The molecule has 6 nitrogen and oxygen atoms in total. The van der Waals surface area contributed by atoms with E-state index >= 15 is 0 Å². The Kier molecular flexibility index (Phi) is 7.35. The molecule has 1 aromatic carbocycles. The normalized spacial score (nSPS) is 11.2. The lowest BCUT2D eigenvalue weighted by atomic mass is 10.1. The molecule has 0 bridgehead atoms. The number of alkyl halides is 3. The summed E-state index contributed by atoms with van der Waals surface area (Å²) >= 11 is 0. The molecule has 0 saturated carbocycles. The number of nitrogens with zero attached hydrogens (tertiary/aromatic N) is 3. The maximum Gasteiger partial charge on any atom is 0.416 e. The molecule has 0 spiro atoms. The maximum atomic E-state index is 12.9. The third-order valence-electron chi connectivity index (χ3n) is 5.22. The van der Waals surface area contributed by atoms with Crippen molar-refractivity contribution in [3.63, 3.8) is 0 Å². The first-order valence-corrected chi connectivity index (χ1v) is 10.9. The Labute approximate surface area is 200 Å². The van der Waals surface area contributed by atoms with E-state index in [-0.39, 0.29) is 5.91 Å². The summed E-state index contributed by atoms with van der Waals surface area (Å²) in [6.45, 7) is 0.754. The number of hydrogen-bond acceptors (Lipinski definition) is 5. The number of carbonyl (C=O) groups is 1. The second-order valence-corrected chi connectivity index (χ2v) is 7.71. The van der Waals surface area contributed by atoms with Crippen molar-refractivity contribution in [2.75, 3.05) is 11.9 Å². The Bertz CT molecular complexity index is 1260. The standard InChI is InChI=1S/C26H22F3N5O/c27-26(28,29)20-8-6-19(7-9-20)23-11-10-22(25(35)33-17-18-4-3-13-30-16-18)24(34-23)32-15-12-21-5-1-2-14-31-21/h1-11,13-14,16H,12,15,17H2,(H,32,34)(H,33,35). The fraction of sp³-hybridized carbons (Fsp3) is 0.154. The summed E-state index contributed by atoms with van der Waals surface area (Å²) in [4.78, 5) is 25.8. The van der Waals surface area contributed by atoms with Crippen LogP contribution in [-0.4, -0.2) is 27.4 Å². The molecule has 0 saturated heterocycles. The molecule has 4 rings (SSSR count). The van der Waals surface area contributed by atoms with Gasteiger partial charge in [-0.05, 0) is 48.0 Å². The van der Waals surface area contributed by atoms with E-state index in [0.717, 1.165) is 23.4 Å². The zero-order valence-electron chi connectivity index (χ0n) is 18.6. The van der Waals surface area contributed by atoms with Gasteiger partial charge in [0.25, 0.3) is 5.91 Å². The molecule has 178 valence electrons. The lowest BCUT2D eigenvalue weighted by Crippen LogP contribution is -2.25. The van der Waals surface area contributed by atoms with Crippen molar-refractivity contribution in [3.05, 3.63) is 108 Å². The number of anilines is 1. The van der Waals surface area contributed by atoms with E-state index in [2.05, 4.69) is 25.6 Å². The van der Waals surface area contributed by atoms with Crippen LogP contribution in [0.3, 0.4) is 0 Å². The van der Waals surface area contributed by atoms with Crippen LogP contribution in [-0.2, 0) is 19.1 Å². The molecule has 0 radical (unpaired) electrons. The molecule has 1 amide bonds. The average molecular weight is 477 g/mol. The van der Waals surface area contributed by atoms with Gasteiger partial charge in [0.1, 0.15) is 5.82 Å². The second kappa shape index (κ2) is 10.8. The zero-order chi connectivity index (χ0) is 24.7. The number of hydrogen-bond donors (Lipinski definition) is 2. The fourth-order valence-electron chi connectivity index (χ4n) is 3.40. The molecule has 0 atom stereocenters. The van der Waals surface area contributed by atoms with Gasteiger partial charge in [-0.3, -0.25) is 14.8 Å². The van der Waals surface area contributed by atoms with E-state index in [0.29, 0.717) is 42.1 Å². The molecule has 0 aliphatic rings.